The Kier molecular flexibility index (Phi) is 6.97. The predicted molar refractivity (Wildman–Crippen MR) is 139 cm³/mol. The molecular formula is C28H28N2O4S. The van der Waals surface area contributed by atoms with Gasteiger partial charge in [-0.1, -0.05) is 72.0 Å². The van der Waals surface area contributed by atoms with E-state index >= 15 is 0 Å². The van der Waals surface area contributed by atoms with Gasteiger partial charge < -0.3 is 14.2 Å². The van der Waals surface area contributed by atoms with Crippen LogP contribution in [0.5, 0.6) is 11.5 Å². The number of methoxy groups -OCH3 is 2. The minimum atomic E-state index is -0.463. The van der Waals surface area contributed by atoms with Crippen molar-refractivity contribution in [2.24, 2.45) is 0 Å². The molecule has 6 nitrogen and oxygen atoms in total. The molecule has 1 aliphatic heterocycles. The van der Waals surface area contributed by atoms with Crippen molar-refractivity contribution in [1.29, 1.82) is 0 Å². The number of nitrogens with zero attached hydrogens (tertiary/aromatic N) is 2. The average Bonchev–Trinajstić information content (AvgIpc) is 3.58. The van der Waals surface area contributed by atoms with Crippen LogP contribution in [0.15, 0.2) is 72.8 Å². The van der Waals surface area contributed by atoms with E-state index in [4.69, 9.17) is 19.2 Å². The average molecular weight is 489 g/mol. The highest BCUT2D eigenvalue weighted by Crippen LogP contribution is 2.41. The van der Waals surface area contributed by atoms with Crippen molar-refractivity contribution in [3.63, 3.8) is 0 Å². The Morgan fingerprint density at radius 2 is 1.63 bits per heavy atom. The number of fused-ring (bicyclic) bond motifs is 1. The molecule has 7 heteroatoms. The van der Waals surface area contributed by atoms with E-state index in [0.29, 0.717) is 28.7 Å². The number of rotatable bonds is 8. The van der Waals surface area contributed by atoms with Gasteiger partial charge in [0, 0.05) is 6.61 Å². The normalized spacial score (nSPS) is 15.5. The number of carbonyl (C=O) groups excluding carboxylic acids is 1. The topological polar surface area (TPSA) is 60.9 Å². The van der Waals surface area contributed by atoms with E-state index in [1.165, 1.54) is 11.3 Å². The summed E-state index contributed by atoms with van der Waals surface area (Å²) in [5.41, 5.74) is 2.57. The summed E-state index contributed by atoms with van der Waals surface area (Å²) in [6, 6.07) is 23.5. The summed E-state index contributed by atoms with van der Waals surface area (Å²) in [5, 5.41) is 0.611. The third kappa shape index (κ3) is 4.74. The predicted octanol–water partition coefficient (Wildman–Crippen LogP) is 5.66. The molecule has 0 saturated carbocycles. The quantitative estimate of drug-likeness (QED) is 0.320. The number of aromatic nitrogens is 1. The largest absolute Gasteiger partial charge is 0.495 e. The smallest absolute Gasteiger partial charge is 0.240 e. The molecule has 0 N–H and O–H groups in total. The number of ether oxygens (including phenoxy) is 3. The first-order valence-electron chi connectivity index (χ1n) is 11.7. The molecule has 1 amide bonds. The number of hydrogen-bond donors (Lipinski definition) is 0. The van der Waals surface area contributed by atoms with Gasteiger partial charge in [0.2, 0.25) is 5.91 Å². The first kappa shape index (κ1) is 23.3. The van der Waals surface area contributed by atoms with Crippen molar-refractivity contribution in [3.05, 3.63) is 83.9 Å². The number of thiazole rings is 1. The highest BCUT2D eigenvalue weighted by Gasteiger charge is 2.33. The first-order valence-corrected chi connectivity index (χ1v) is 12.6. The molecule has 1 saturated heterocycles. The molecule has 1 aliphatic rings. The molecule has 3 aromatic carbocycles. The van der Waals surface area contributed by atoms with Crippen LogP contribution in [0.1, 0.15) is 29.9 Å². The zero-order valence-corrected chi connectivity index (χ0v) is 20.7. The standard InChI is InChI=1S/C28H28N2O4S/c1-32-22-15-16-23(33-2)26-25(22)29-28(35-26)30(18-21-14-9-17-34-21)27(31)24(19-10-5-3-6-11-19)20-12-7-4-8-13-20/h3-8,10-13,15-16,21,24H,9,14,17-18H2,1-2H3. The van der Waals surface area contributed by atoms with Gasteiger partial charge in [0.15, 0.2) is 5.13 Å². The van der Waals surface area contributed by atoms with Crippen LogP contribution in [0, 0.1) is 0 Å². The third-order valence-electron chi connectivity index (χ3n) is 6.32. The fourth-order valence-electron chi connectivity index (χ4n) is 4.57. The monoisotopic (exact) mass is 488 g/mol. The molecule has 2 heterocycles. The zero-order chi connectivity index (χ0) is 24.2. The van der Waals surface area contributed by atoms with E-state index in [2.05, 4.69) is 0 Å². The molecule has 1 aromatic heterocycles. The van der Waals surface area contributed by atoms with Gasteiger partial charge in [-0.25, -0.2) is 4.98 Å². The Morgan fingerprint density at radius 1 is 1.00 bits per heavy atom. The fraction of sp³-hybridized carbons (Fsp3) is 0.286. The van der Waals surface area contributed by atoms with Crippen LogP contribution in [0.3, 0.4) is 0 Å². The summed E-state index contributed by atoms with van der Waals surface area (Å²) in [6.07, 6.45) is 1.89. The van der Waals surface area contributed by atoms with Crippen LogP contribution < -0.4 is 14.4 Å². The minimum Gasteiger partial charge on any atom is -0.495 e. The van der Waals surface area contributed by atoms with Crippen molar-refractivity contribution in [3.8, 4) is 11.5 Å². The molecule has 0 aliphatic carbocycles. The number of carbonyl (C=O) groups is 1. The summed E-state index contributed by atoms with van der Waals surface area (Å²) in [5.74, 6) is 0.858. The zero-order valence-electron chi connectivity index (χ0n) is 19.8. The first-order chi connectivity index (χ1) is 17.2. The Morgan fingerprint density at radius 3 is 2.20 bits per heavy atom. The van der Waals surface area contributed by atoms with Gasteiger partial charge in [-0.05, 0) is 36.1 Å². The maximum absolute atomic E-state index is 14.4. The van der Waals surface area contributed by atoms with Gasteiger partial charge in [0.25, 0.3) is 0 Å². The van der Waals surface area contributed by atoms with Crippen LogP contribution >= 0.6 is 11.3 Å². The van der Waals surface area contributed by atoms with Crippen molar-refractivity contribution in [2.75, 3.05) is 32.3 Å². The molecule has 0 bridgehead atoms. The van der Waals surface area contributed by atoms with Crippen LogP contribution in [0.25, 0.3) is 10.2 Å². The summed E-state index contributed by atoms with van der Waals surface area (Å²) < 4.78 is 17.9. The van der Waals surface area contributed by atoms with E-state index in [-0.39, 0.29) is 12.0 Å². The Hall–Kier alpha value is -3.42. The molecule has 180 valence electrons. The van der Waals surface area contributed by atoms with Gasteiger partial charge >= 0.3 is 0 Å². The van der Waals surface area contributed by atoms with Gasteiger partial charge in [-0.3, -0.25) is 9.69 Å². The molecule has 0 spiro atoms. The second-order valence-electron chi connectivity index (χ2n) is 8.48. The van der Waals surface area contributed by atoms with Crippen LogP contribution in [0.2, 0.25) is 0 Å². The third-order valence-corrected chi connectivity index (χ3v) is 7.41. The lowest BCUT2D eigenvalue weighted by molar-refractivity contribution is -0.119. The number of hydrogen-bond acceptors (Lipinski definition) is 6. The van der Waals surface area contributed by atoms with Crippen molar-refractivity contribution in [2.45, 2.75) is 24.9 Å². The van der Waals surface area contributed by atoms with Crippen LogP contribution in [-0.4, -0.2) is 44.4 Å². The minimum absolute atomic E-state index is 0.0260. The molecular weight excluding hydrogens is 460 g/mol. The number of benzene rings is 3. The van der Waals surface area contributed by atoms with Crippen molar-refractivity contribution in [1.82, 2.24) is 4.98 Å². The SMILES string of the molecule is COc1ccc(OC)c2sc(N(CC3CCCO3)C(=O)C(c3ccccc3)c3ccccc3)nc12. The van der Waals surface area contributed by atoms with E-state index in [1.54, 1.807) is 19.1 Å². The summed E-state index contributed by atoms with van der Waals surface area (Å²) in [4.78, 5) is 21.1. The summed E-state index contributed by atoms with van der Waals surface area (Å²) in [6.45, 7) is 1.16. The van der Waals surface area contributed by atoms with E-state index < -0.39 is 5.92 Å². The lowest BCUT2D eigenvalue weighted by atomic mass is 9.90. The van der Waals surface area contributed by atoms with Crippen LogP contribution in [-0.2, 0) is 9.53 Å². The highest BCUT2D eigenvalue weighted by atomic mass is 32.1. The Bertz CT molecular complexity index is 1210. The molecule has 0 radical (unpaired) electrons. The van der Waals surface area contributed by atoms with Gasteiger partial charge in [0.05, 0.1) is 32.8 Å². The van der Waals surface area contributed by atoms with Gasteiger partial charge in [0.1, 0.15) is 21.7 Å². The second kappa shape index (κ2) is 10.5. The molecule has 1 unspecified atom stereocenters. The second-order valence-corrected chi connectivity index (χ2v) is 9.46. The lowest BCUT2D eigenvalue weighted by Gasteiger charge is -2.28. The van der Waals surface area contributed by atoms with Crippen LogP contribution in [0.4, 0.5) is 5.13 Å². The van der Waals surface area contributed by atoms with E-state index in [0.717, 1.165) is 35.3 Å². The Balaban J connectivity index is 1.63. The highest BCUT2D eigenvalue weighted by molar-refractivity contribution is 7.22. The molecule has 4 aromatic rings. The van der Waals surface area contributed by atoms with E-state index in [1.807, 2.05) is 72.8 Å². The molecule has 1 fully saturated rings. The molecule has 35 heavy (non-hydrogen) atoms. The fourth-order valence-corrected chi connectivity index (χ4v) is 5.66. The van der Waals surface area contributed by atoms with Gasteiger partial charge in [-0.15, -0.1) is 0 Å². The van der Waals surface area contributed by atoms with Crippen molar-refractivity contribution < 1.29 is 19.0 Å². The maximum atomic E-state index is 14.4. The van der Waals surface area contributed by atoms with E-state index in [9.17, 15) is 4.79 Å². The number of anilines is 1. The van der Waals surface area contributed by atoms with Crippen molar-refractivity contribution >= 4 is 32.6 Å². The summed E-state index contributed by atoms with van der Waals surface area (Å²) in [7, 11) is 3.26. The van der Waals surface area contributed by atoms with Gasteiger partial charge in [-0.2, -0.15) is 0 Å². The maximum Gasteiger partial charge on any atom is 0.240 e. The molecule has 1 atom stereocenters. The lowest BCUT2D eigenvalue weighted by Crippen LogP contribution is -2.40. The molecule has 5 rings (SSSR count). The summed E-state index contributed by atoms with van der Waals surface area (Å²) >= 11 is 1.44. The Labute approximate surface area is 209 Å². The number of amides is 1.